The van der Waals surface area contributed by atoms with E-state index < -0.39 is 40.5 Å². The third-order valence-electron chi connectivity index (χ3n) is 9.48. The quantitative estimate of drug-likeness (QED) is 0.321. The van der Waals surface area contributed by atoms with Crippen molar-refractivity contribution < 1.29 is 36.6 Å². The van der Waals surface area contributed by atoms with E-state index in [2.05, 4.69) is 31.9 Å². The van der Waals surface area contributed by atoms with Gasteiger partial charge >= 0.3 is 12.1 Å². The lowest BCUT2D eigenvalue weighted by molar-refractivity contribution is -0.229. The number of carbonyl (C=O) groups is 2. The molecule has 1 unspecified atom stereocenters. The highest BCUT2D eigenvalue weighted by Gasteiger charge is 2.58. The van der Waals surface area contributed by atoms with Gasteiger partial charge in [-0.3, -0.25) is 9.59 Å². The number of aliphatic carboxylic acids is 1. The SMILES string of the molecule is CC(F)(c1c(Br)cc2c(c1Br)CC[C@H]1N(C(=O)C3CCC(C(=O)O)CC3)CC[C@@]21Cc1ccc(F)cc1)C(F)(F)F. The van der Waals surface area contributed by atoms with Crippen LogP contribution < -0.4 is 0 Å². The number of nitrogens with zero attached hydrogens (tertiary/aromatic N) is 1. The fourth-order valence-corrected chi connectivity index (χ4v) is 9.31. The van der Waals surface area contributed by atoms with Gasteiger partial charge in [-0.1, -0.05) is 44.0 Å². The van der Waals surface area contributed by atoms with Gasteiger partial charge in [0.15, 0.2) is 0 Å². The zero-order valence-corrected chi connectivity index (χ0v) is 25.5. The topological polar surface area (TPSA) is 57.6 Å². The minimum Gasteiger partial charge on any atom is -0.481 e. The Bertz CT molecular complexity index is 1360. The minimum absolute atomic E-state index is 0.0126. The Hall–Kier alpha value is -2.01. The first-order valence-corrected chi connectivity index (χ1v) is 15.3. The highest BCUT2D eigenvalue weighted by molar-refractivity contribution is 9.11. The Balaban J connectivity index is 1.56. The Kier molecular flexibility index (Phi) is 8.11. The van der Waals surface area contributed by atoms with Gasteiger partial charge in [-0.05, 0) is 93.2 Å². The number of carboxylic acid groups (broad SMARTS) is 1. The number of hydrogen-bond donors (Lipinski definition) is 1. The van der Waals surface area contributed by atoms with Crippen LogP contribution in [0.4, 0.5) is 22.0 Å². The number of alkyl halides is 4. The monoisotopic (exact) mass is 705 g/mol. The van der Waals surface area contributed by atoms with Gasteiger partial charge in [-0.25, -0.2) is 8.78 Å². The van der Waals surface area contributed by atoms with E-state index in [-0.39, 0.29) is 26.8 Å². The molecule has 5 rings (SSSR count). The van der Waals surface area contributed by atoms with Crippen molar-refractivity contribution in [1.29, 1.82) is 0 Å². The zero-order chi connectivity index (χ0) is 29.9. The lowest BCUT2D eigenvalue weighted by Crippen LogP contribution is -2.51. The fourth-order valence-electron chi connectivity index (χ4n) is 7.24. The molecule has 222 valence electrons. The molecule has 11 heteroatoms. The second-order valence-corrected chi connectivity index (χ2v) is 13.4. The Morgan fingerprint density at radius 3 is 2.22 bits per heavy atom. The summed E-state index contributed by atoms with van der Waals surface area (Å²) < 4.78 is 70.5. The van der Waals surface area contributed by atoms with E-state index in [0.29, 0.717) is 70.4 Å². The van der Waals surface area contributed by atoms with Crippen molar-refractivity contribution in [2.45, 2.75) is 81.6 Å². The number of carboxylic acids is 1. The smallest absolute Gasteiger partial charge is 0.426 e. The standard InChI is InChI=1S/C30H30Br2F5NO3/c1-28(34,30(35,36)37)24-22(31)14-21-20(25(24)32)10-11-23-29(21,15-16-2-8-19(33)9-3-16)12-13-38(23)26(39)17-4-6-18(7-5-17)27(40)41/h2-3,8-9,14,17-18,23H,4-7,10-13,15H2,1H3,(H,40,41)/t17?,18?,23-,28?,29-/m1/s1. The van der Waals surface area contributed by atoms with Gasteiger partial charge in [0, 0.05) is 38.4 Å². The van der Waals surface area contributed by atoms with Crippen molar-refractivity contribution in [1.82, 2.24) is 4.90 Å². The summed E-state index contributed by atoms with van der Waals surface area (Å²) in [6.45, 7) is 0.947. The first-order valence-electron chi connectivity index (χ1n) is 13.7. The lowest BCUT2D eigenvalue weighted by atomic mass is 9.63. The van der Waals surface area contributed by atoms with Crippen LogP contribution in [0, 0.1) is 17.7 Å². The third-order valence-corrected chi connectivity index (χ3v) is 11.0. The molecule has 0 bridgehead atoms. The van der Waals surface area contributed by atoms with Gasteiger partial charge in [0.05, 0.1) is 5.92 Å². The van der Waals surface area contributed by atoms with E-state index in [0.717, 1.165) is 11.1 Å². The third kappa shape index (κ3) is 5.23. The highest BCUT2D eigenvalue weighted by atomic mass is 79.9. The number of likely N-dealkylation sites (tertiary alicyclic amines) is 1. The first-order chi connectivity index (χ1) is 19.2. The molecule has 0 spiro atoms. The van der Waals surface area contributed by atoms with Crippen molar-refractivity contribution in [3.05, 3.63) is 67.3 Å². The molecule has 1 amide bonds. The normalized spacial score (nSPS) is 27.6. The number of hydrogen-bond acceptors (Lipinski definition) is 2. The van der Waals surface area contributed by atoms with Crippen LogP contribution >= 0.6 is 31.9 Å². The summed E-state index contributed by atoms with van der Waals surface area (Å²) in [5, 5.41) is 9.36. The zero-order valence-electron chi connectivity index (χ0n) is 22.3. The Labute approximate surface area is 251 Å². The Morgan fingerprint density at radius 1 is 1.02 bits per heavy atom. The van der Waals surface area contributed by atoms with Crippen LogP contribution in [-0.4, -0.2) is 40.6 Å². The van der Waals surface area contributed by atoms with Crippen LogP contribution in [0.2, 0.25) is 0 Å². The predicted molar refractivity (Wildman–Crippen MR) is 150 cm³/mol. The average Bonchev–Trinajstić information content (AvgIpc) is 3.28. The second kappa shape index (κ2) is 10.9. The molecule has 2 fully saturated rings. The van der Waals surface area contributed by atoms with Gasteiger partial charge in [0.2, 0.25) is 11.6 Å². The molecule has 41 heavy (non-hydrogen) atoms. The van der Waals surface area contributed by atoms with Crippen LogP contribution in [0.5, 0.6) is 0 Å². The molecule has 0 aromatic heterocycles. The summed E-state index contributed by atoms with van der Waals surface area (Å²) in [7, 11) is 0. The summed E-state index contributed by atoms with van der Waals surface area (Å²) in [6, 6.07) is 7.38. The first kappa shape index (κ1) is 30.4. The summed E-state index contributed by atoms with van der Waals surface area (Å²) in [4.78, 5) is 27.1. The molecule has 1 saturated carbocycles. The van der Waals surface area contributed by atoms with E-state index in [1.807, 2.05) is 4.90 Å². The molecule has 2 aliphatic carbocycles. The van der Waals surface area contributed by atoms with Crippen LogP contribution in [0.3, 0.4) is 0 Å². The number of rotatable bonds is 5. The van der Waals surface area contributed by atoms with Crippen LogP contribution in [0.25, 0.3) is 0 Å². The molecule has 4 nitrogen and oxygen atoms in total. The largest absolute Gasteiger partial charge is 0.481 e. The van der Waals surface area contributed by atoms with Crippen LogP contribution in [0.15, 0.2) is 39.3 Å². The fraction of sp³-hybridized carbons (Fsp3) is 0.533. The number of fused-ring (bicyclic) bond motifs is 3. The number of amides is 1. The van der Waals surface area contributed by atoms with E-state index in [9.17, 15) is 32.3 Å². The maximum atomic E-state index is 15.3. The molecule has 3 atom stereocenters. The van der Waals surface area contributed by atoms with Gasteiger partial charge in [-0.2, -0.15) is 13.2 Å². The molecular formula is C30H30Br2F5NO3. The molecule has 1 saturated heterocycles. The molecular weight excluding hydrogens is 677 g/mol. The van der Waals surface area contributed by atoms with E-state index >= 15 is 4.39 Å². The van der Waals surface area contributed by atoms with Crippen molar-refractivity contribution in [2.24, 2.45) is 11.8 Å². The molecule has 2 aromatic carbocycles. The molecule has 1 heterocycles. The van der Waals surface area contributed by atoms with Crippen molar-refractivity contribution in [3.8, 4) is 0 Å². The van der Waals surface area contributed by atoms with Gasteiger partial charge < -0.3 is 10.0 Å². The average molecular weight is 707 g/mol. The number of halogens is 7. The maximum Gasteiger partial charge on any atom is 0.426 e. The van der Waals surface area contributed by atoms with Crippen molar-refractivity contribution in [3.63, 3.8) is 0 Å². The maximum absolute atomic E-state index is 15.3. The summed E-state index contributed by atoms with van der Waals surface area (Å²) >= 11 is 6.58. The van der Waals surface area contributed by atoms with Crippen LogP contribution in [-0.2, 0) is 33.5 Å². The number of carbonyl (C=O) groups excluding carboxylic acids is 1. The van der Waals surface area contributed by atoms with Crippen LogP contribution in [0.1, 0.15) is 67.7 Å². The summed E-state index contributed by atoms with van der Waals surface area (Å²) in [5.74, 6) is -1.99. The summed E-state index contributed by atoms with van der Waals surface area (Å²) in [6.07, 6.45) is -1.50. The summed E-state index contributed by atoms with van der Waals surface area (Å²) in [5.41, 5.74) is -2.64. The van der Waals surface area contributed by atoms with E-state index in [4.69, 9.17) is 0 Å². The molecule has 1 N–H and O–H groups in total. The van der Waals surface area contributed by atoms with Gasteiger partial charge in [-0.15, -0.1) is 0 Å². The molecule has 0 radical (unpaired) electrons. The van der Waals surface area contributed by atoms with Gasteiger partial charge in [0.25, 0.3) is 0 Å². The number of benzene rings is 2. The molecule has 2 aromatic rings. The van der Waals surface area contributed by atoms with E-state index in [1.54, 1.807) is 18.2 Å². The van der Waals surface area contributed by atoms with E-state index in [1.165, 1.54) is 12.1 Å². The highest BCUT2D eigenvalue weighted by Crippen LogP contribution is 2.55. The predicted octanol–water partition coefficient (Wildman–Crippen LogP) is 8.02. The minimum atomic E-state index is -5.13. The molecule has 3 aliphatic rings. The molecule has 1 aliphatic heterocycles. The van der Waals surface area contributed by atoms with Crippen molar-refractivity contribution >= 4 is 43.7 Å². The van der Waals surface area contributed by atoms with Crippen molar-refractivity contribution in [2.75, 3.05) is 6.54 Å². The van der Waals surface area contributed by atoms with Gasteiger partial charge in [0.1, 0.15) is 5.82 Å². The Morgan fingerprint density at radius 2 is 1.63 bits per heavy atom. The lowest BCUT2D eigenvalue weighted by Gasteiger charge is -2.45. The second-order valence-electron chi connectivity index (χ2n) is 11.8.